The molecule has 1 N–H and O–H groups in total. The van der Waals surface area contributed by atoms with Gasteiger partial charge in [0.1, 0.15) is 11.6 Å². The maximum absolute atomic E-state index is 13.1. The minimum Gasteiger partial charge on any atom is -0.496 e. The molecule has 0 aromatic heterocycles. The molecule has 0 bridgehead atoms. The Hall–Kier alpha value is -1.87. The van der Waals surface area contributed by atoms with Crippen molar-refractivity contribution in [3.63, 3.8) is 0 Å². The van der Waals surface area contributed by atoms with Gasteiger partial charge in [0, 0.05) is 5.56 Å². The van der Waals surface area contributed by atoms with E-state index < -0.39 is 0 Å². The van der Waals surface area contributed by atoms with Gasteiger partial charge >= 0.3 is 0 Å². The van der Waals surface area contributed by atoms with Crippen molar-refractivity contribution in [2.24, 2.45) is 0 Å². The van der Waals surface area contributed by atoms with E-state index in [-0.39, 0.29) is 11.9 Å². The van der Waals surface area contributed by atoms with Crippen LogP contribution in [-0.4, -0.2) is 13.7 Å². The molecule has 0 aliphatic heterocycles. The summed E-state index contributed by atoms with van der Waals surface area (Å²) in [6.07, 6.45) is 0. The SMILES string of the molecule is CCNC(c1ccc(F)cc1)c1cc(C)ccc1OC. The number of hydrogen-bond donors (Lipinski definition) is 1. The van der Waals surface area contributed by atoms with Gasteiger partial charge in [0.25, 0.3) is 0 Å². The molecule has 1 unspecified atom stereocenters. The second kappa shape index (κ2) is 6.53. The molecule has 0 heterocycles. The van der Waals surface area contributed by atoms with Crippen LogP contribution in [-0.2, 0) is 0 Å². The van der Waals surface area contributed by atoms with Gasteiger partial charge in [-0.05, 0) is 37.2 Å². The van der Waals surface area contributed by atoms with Crippen LogP contribution >= 0.6 is 0 Å². The quantitative estimate of drug-likeness (QED) is 0.893. The molecular weight excluding hydrogens is 253 g/mol. The normalized spacial score (nSPS) is 12.2. The van der Waals surface area contributed by atoms with Crippen molar-refractivity contribution in [3.8, 4) is 5.75 Å². The standard InChI is InChI=1S/C17H20FNO/c1-4-19-17(13-6-8-14(18)9-7-13)15-11-12(2)5-10-16(15)20-3/h5-11,17,19H,4H2,1-3H3. The highest BCUT2D eigenvalue weighted by molar-refractivity contribution is 5.43. The molecule has 0 spiro atoms. The Morgan fingerprint density at radius 3 is 2.45 bits per heavy atom. The van der Waals surface area contributed by atoms with E-state index in [1.807, 2.05) is 24.3 Å². The van der Waals surface area contributed by atoms with Gasteiger partial charge in [-0.15, -0.1) is 0 Å². The highest BCUT2D eigenvalue weighted by Gasteiger charge is 2.17. The van der Waals surface area contributed by atoms with E-state index in [0.717, 1.165) is 23.4 Å². The molecule has 0 aliphatic carbocycles. The molecule has 2 aromatic rings. The fourth-order valence-corrected chi connectivity index (χ4v) is 2.35. The van der Waals surface area contributed by atoms with E-state index in [2.05, 4.69) is 25.2 Å². The van der Waals surface area contributed by atoms with E-state index in [1.165, 1.54) is 17.7 Å². The Labute approximate surface area is 119 Å². The summed E-state index contributed by atoms with van der Waals surface area (Å²) in [6.45, 7) is 4.93. The molecule has 0 fully saturated rings. The van der Waals surface area contributed by atoms with Gasteiger partial charge in [0.15, 0.2) is 0 Å². The van der Waals surface area contributed by atoms with Crippen LogP contribution in [0.25, 0.3) is 0 Å². The Balaban J connectivity index is 2.47. The first-order chi connectivity index (χ1) is 9.65. The first-order valence-electron chi connectivity index (χ1n) is 6.79. The molecule has 1 atom stereocenters. The van der Waals surface area contributed by atoms with Gasteiger partial charge in [-0.2, -0.15) is 0 Å². The number of ether oxygens (including phenoxy) is 1. The molecular formula is C17H20FNO. The van der Waals surface area contributed by atoms with Gasteiger partial charge in [0.2, 0.25) is 0 Å². The van der Waals surface area contributed by atoms with Crippen molar-refractivity contribution >= 4 is 0 Å². The summed E-state index contributed by atoms with van der Waals surface area (Å²) in [5.74, 6) is 0.617. The lowest BCUT2D eigenvalue weighted by Gasteiger charge is -2.22. The van der Waals surface area contributed by atoms with Crippen LogP contribution in [0.3, 0.4) is 0 Å². The number of halogens is 1. The molecule has 2 nitrogen and oxygen atoms in total. The summed E-state index contributed by atoms with van der Waals surface area (Å²) in [5, 5.41) is 3.43. The second-order valence-electron chi connectivity index (χ2n) is 4.79. The highest BCUT2D eigenvalue weighted by atomic mass is 19.1. The third-order valence-corrected chi connectivity index (χ3v) is 3.31. The third kappa shape index (κ3) is 3.17. The lowest BCUT2D eigenvalue weighted by Crippen LogP contribution is -2.22. The first kappa shape index (κ1) is 14.5. The fourth-order valence-electron chi connectivity index (χ4n) is 2.35. The monoisotopic (exact) mass is 273 g/mol. The Bertz CT molecular complexity index is 566. The highest BCUT2D eigenvalue weighted by Crippen LogP contribution is 2.31. The average molecular weight is 273 g/mol. The van der Waals surface area contributed by atoms with Gasteiger partial charge in [0.05, 0.1) is 13.2 Å². The van der Waals surface area contributed by atoms with Crippen molar-refractivity contribution in [1.82, 2.24) is 5.32 Å². The predicted octanol–water partition coefficient (Wildman–Crippen LogP) is 3.84. The van der Waals surface area contributed by atoms with Crippen LogP contribution in [0.1, 0.15) is 29.7 Å². The molecule has 106 valence electrons. The van der Waals surface area contributed by atoms with Gasteiger partial charge in [-0.1, -0.05) is 36.8 Å². The van der Waals surface area contributed by atoms with E-state index in [9.17, 15) is 4.39 Å². The van der Waals surface area contributed by atoms with Crippen LogP contribution in [0.15, 0.2) is 42.5 Å². The number of benzene rings is 2. The van der Waals surface area contributed by atoms with Crippen molar-refractivity contribution in [1.29, 1.82) is 0 Å². The number of rotatable bonds is 5. The van der Waals surface area contributed by atoms with Crippen LogP contribution < -0.4 is 10.1 Å². The molecule has 2 rings (SSSR count). The lowest BCUT2D eigenvalue weighted by molar-refractivity contribution is 0.404. The van der Waals surface area contributed by atoms with Crippen LogP contribution in [0, 0.1) is 12.7 Å². The summed E-state index contributed by atoms with van der Waals surface area (Å²) >= 11 is 0. The van der Waals surface area contributed by atoms with Crippen LogP contribution in [0.2, 0.25) is 0 Å². The van der Waals surface area contributed by atoms with Crippen molar-refractivity contribution in [2.75, 3.05) is 13.7 Å². The Kier molecular flexibility index (Phi) is 4.74. The van der Waals surface area contributed by atoms with E-state index in [0.29, 0.717) is 0 Å². The van der Waals surface area contributed by atoms with Gasteiger partial charge < -0.3 is 10.1 Å². The van der Waals surface area contributed by atoms with E-state index >= 15 is 0 Å². The number of nitrogens with one attached hydrogen (secondary N) is 1. The van der Waals surface area contributed by atoms with Gasteiger partial charge in [-0.25, -0.2) is 4.39 Å². The molecule has 2 aromatic carbocycles. The summed E-state index contributed by atoms with van der Waals surface area (Å²) in [4.78, 5) is 0. The van der Waals surface area contributed by atoms with Crippen molar-refractivity contribution in [3.05, 3.63) is 65.0 Å². The average Bonchev–Trinajstić information content (AvgIpc) is 2.46. The summed E-state index contributed by atoms with van der Waals surface area (Å²) in [6, 6.07) is 12.7. The zero-order chi connectivity index (χ0) is 14.5. The summed E-state index contributed by atoms with van der Waals surface area (Å²) < 4.78 is 18.6. The minimum absolute atomic E-state index is 0.00421. The number of methoxy groups -OCH3 is 1. The molecule has 0 radical (unpaired) electrons. The maximum Gasteiger partial charge on any atom is 0.123 e. The van der Waals surface area contributed by atoms with E-state index in [1.54, 1.807) is 7.11 Å². The predicted molar refractivity (Wildman–Crippen MR) is 79.7 cm³/mol. The fraction of sp³-hybridized carbons (Fsp3) is 0.294. The molecule has 0 saturated carbocycles. The molecule has 20 heavy (non-hydrogen) atoms. The molecule has 0 aliphatic rings. The summed E-state index contributed by atoms with van der Waals surface area (Å²) in [5.41, 5.74) is 3.27. The van der Waals surface area contributed by atoms with Crippen molar-refractivity contribution in [2.45, 2.75) is 19.9 Å². The van der Waals surface area contributed by atoms with Crippen LogP contribution in [0.4, 0.5) is 4.39 Å². The molecule has 3 heteroatoms. The topological polar surface area (TPSA) is 21.3 Å². The zero-order valence-electron chi connectivity index (χ0n) is 12.1. The minimum atomic E-state index is -0.222. The zero-order valence-corrected chi connectivity index (χ0v) is 12.1. The number of aryl methyl sites for hydroxylation is 1. The largest absolute Gasteiger partial charge is 0.496 e. The molecule has 0 amide bonds. The van der Waals surface area contributed by atoms with Gasteiger partial charge in [-0.3, -0.25) is 0 Å². The number of hydrogen-bond acceptors (Lipinski definition) is 2. The Morgan fingerprint density at radius 1 is 1.15 bits per heavy atom. The lowest BCUT2D eigenvalue weighted by atomic mass is 9.96. The Morgan fingerprint density at radius 2 is 1.85 bits per heavy atom. The second-order valence-corrected chi connectivity index (χ2v) is 4.79. The smallest absolute Gasteiger partial charge is 0.123 e. The maximum atomic E-state index is 13.1. The van der Waals surface area contributed by atoms with Crippen LogP contribution in [0.5, 0.6) is 5.75 Å². The molecule has 0 saturated heterocycles. The third-order valence-electron chi connectivity index (χ3n) is 3.31. The first-order valence-corrected chi connectivity index (χ1v) is 6.79. The summed E-state index contributed by atoms with van der Waals surface area (Å²) in [7, 11) is 1.67. The van der Waals surface area contributed by atoms with Crippen molar-refractivity contribution < 1.29 is 9.13 Å². The van der Waals surface area contributed by atoms with E-state index in [4.69, 9.17) is 4.74 Å².